The van der Waals surface area contributed by atoms with Gasteiger partial charge < -0.3 is 28.9 Å². The summed E-state index contributed by atoms with van der Waals surface area (Å²) in [5.74, 6) is -1.62. The van der Waals surface area contributed by atoms with Crippen molar-refractivity contribution in [3.8, 4) is 0 Å². The van der Waals surface area contributed by atoms with Crippen molar-refractivity contribution in [3.05, 3.63) is 48.6 Å². The van der Waals surface area contributed by atoms with Crippen LogP contribution in [0.25, 0.3) is 0 Å². The van der Waals surface area contributed by atoms with Gasteiger partial charge in [-0.3, -0.25) is 4.79 Å². The molecule has 0 aromatic rings. The summed E-state index contributed by atoms with van der Waals surface area (Å²) in [6, 6.07) is 0. The van der Waals surface area contributed by atoms with E-state index in [0.29, 0.717) is 17.4 Å². The minimum absolute atomic E-state index is 0.208. The number of aliphatic hydroxyl groups is 1. The SMILES string of the molecule is CC/C=C\C/C=C\C/C=C\C/C=C\CCCCCCCCCCCCC(=O)OCC(O)COC(OCC[N+](C)(C)C)C(=O)O. The van der Waals surface area contributed by atoms with E-state index in [0.717, 1.165) is 44.9 Å². The molecule has 0 aliphatic carbocycles. The summed E-state index contributed by atoms with van der Waals surface area (Å²) < 4.78 is 16.1. The van der Waals surface area contributed by atoms with Crippen molar-refractivity contribution < 1.29 is 38.5 Å². The molecule has 2 atom stereocenters. The molecule has 44 heavy (non-hydrogen) atoms. The standard InChI is InChI=1S/C36H63NO7/c1-5-6-7-8-9-10-11-12-13-14-15-16-17-18-19-20-21-22-23-24-25-26-27-28-34(39)43-31-33(38)32-44-36(35(40)41)42-30-29-37(2,3)4/h6-7,9-10,12-13,15-16,33,36,38H,5,8,11,14,17-32H2,1-4H3/p+1/b7-6-,10-9-,13-12-,16-15-. The number of hydrogen-bond acceptors (Lipinski definition) is 6. The molecule has 0 saturated heterocycles. The van der Waals surface area contributed by atoms with Crippen LogP contribution >= 0.6 is 0 Å². The Morgan fingerprint density at radius 3 is 1.70 bits per heavy atom. The van der Waals surface area contributed by atoms with Crippen molar-refractivity contribution in [2.24, 2.45) is 0 Å². The largest absolute Gasteiger partial charge is 0.477 e. The van der Waals surface area contributed by atoms with E-state index in [-0.39, 0.29) is 25.8 Å². The number of quaternary nitrogens is 1. The van der Waals surface area contributed by atoms with Crippen molar-refractivity contribution >= 4 is 11.9 Å². The van der Waals surface area contributed by atoms with E-state index in [9.17, 15) is 19.8 Å². The molecular weight excluding hydrogens is 558 g/mol. The van der Waals surface area contributed by atoms with E-state index in [1.54, 1.807) is 0 Å². The van der Waals surface area contributed by atoms with Gasteiger partial charge in [0.05, 0.1) is 34.4 Å². The summed E-state index contributed by atoms with van der Waals surface area (Å²) in [5.41, 5.74) is 0. The minimum Gasteiger partial charge on any atom is -0.477 e. The summed E-state index contributed by atoms with van der Waals surface area (Å²) in [5, 5.41) is 19.2. The van der Waals surface area contributed by atoms with E-state index in [1.807, 2.05) is 21.1 Å². The maximum Gasteiger partial charge on any atom is 0.361 e. The molecule has 0 aliphatic rings. The van der Waals surface area contributed by atoms with Crippen LogP contribution in [0.4, 0.5) is 0 Å². The number of aliphatic carboxylic acids is 1. The summed E-state index contributed by atoms with van der Waals surface area (Å²) in [4.78, 5) is 23.2. The first kappa shape index (κ1) is 41.7. The third-order valence-electron chi connectivity index (χ3n) is 6.83. The molecule has 8 heteroatoms. The Labute approximate surface area is 268 Å². The first-order valence-corrected chi connectivity index (χ1v) is 16.9. The Kier molecular flexibility index (Phi) is 27.9. The van der Waals surface area contributed by atoms with Crippen molar-refractivity contribution in [2.45, 2.75) is 122 Å². The van der Waals surface area contributed by atoms with Gasteiger partial charge in [0.2, 0.25) is 0 Å². The summed E-state index contributed by atoms with van der Waals surface area (Å²) >= 11 is 0. The second kappa shape index (κ2) is 29.5. The number of hydrogen-bond donors (Lipinski definition) is 2. The van der Waals surface area contributed by atoms with Crippen LogP contribution in [0.5, 0.6) is 0 Å². The number of carbonyl (C=O) groups excluding carboxylic acids is 1. The Bertz CT molecular complexity index is 814. The Morgan fingerprint density at radius 2 is 1.18 bits per heavy atom. The zero-order valence-electron chi connectivity index (χ0n) is 28.3. The van der Waals surface area contributed by atoms with E-state index >= 15 is 0 Å². The molecule has 2 N–H and O–H groups in total. The summed E-state index contributed by atoms with van der Waals surface area (Å²) in [6.45, 7) is 2.45. The number of carbonyl (C=O) groups is 2. The van der Waals surface area contributed by atoms with Crippen molar-refractivity contribution in [1.29, 1.82) is 0 Å². The average Bonchev–Trinajstić information content (AvgIpc) is 2.97. The van der Waals surface area contributed by atoms with Gasteiger partial charge >= 0.3 is 11.9 Å². The fourth-order valence-electron chi connectivity index (χ4n) is 4.18. The number of rotatable bonds is 30. The quantitative estimate of drug-likeness (QED) is 0.0281. The predicted molar refractivity (Wildman–Crippen MR) is 179 cm³/mol. The number of unbranched alkanes of at least 4 members (excludes halogenated alkanes) is 10. The number of carboxylic acids is 1. The number of esters is 1. The van der Waals surface area contributed by atoms with E-state index in [2.05, 4.69) is 55.5 Å². The molecule has 0 rings (SSSR count). The highest BCUT2D eigenvalue weighted by molar-refractivity contribution is 5.70. The second-order valence-electron chi connectivity index (χ2n) is 12.3. The maximum absolute atomic E-state index is 11.9. The van der Waals surface area contributed by atoms with Crippen LogP contribution in [0.2, 0.25) is 0 Å². The zero-order chi connectivity index (χ0) is 32.7. The van der Waals surface area contributed by atoms with Gasteiger partial charge in [-0.1, -0.05) is 107 Å². The van der Waals surface area contributed by atoms with Crippen molar-refractivity contribution in [1.82, 2.24) is 0 Å². The molecule has 0 heterocycles. The van der Waals surface area contributed by atoms with Crippen LogP contribution in [0.3, 0.4) is 0 Å². The molecule has 0 fully saturated rings. The summed E-state index contributed by atoms with van der Waals surface area (Å²) in [7, 11) is 5.91. The molecule has 0 amide bonds. The molecule has 0 aliphatic heterocycles. The Hall–Kier alpha value is -2.26. The lowest BCUT2D eigenvalue weighted by atomic mass is 10.1. The Balaban J connectivity index is 3.58. The Morgan fingerprint density at radius 1 is 0.682 bits per heavy atom. The van der Waals surface area contributed by atoms with Gasteiger partial charge in [0.1, 0.15) is 19.3 Å². The van der Waals surface area contributed by atoms with Crippen LogP contribution in [0.1, 0.15) is 110 Å². The monoisotopic (exact) mass is 622 g/mol. The smallest absolute Gasteiger partial charge is 0.361 e. The van der Waals surface area contributed by atoms with Gasteiger partial charge in [0, 0.05) is 6.42 Å². The fourth-order valence-corrected chi connectivity index (χ4v) is 4.18. The molecular formula is C36H64NO7+. The van der Waals surface area contributed by atoms with Gasteiger partial charge in [-0.05, 0) is 44.9 Å². The number of carboxylic acid groups (broad SMARTS) is 1. The van der Waals surface area contributed by atoms with E-state index in [4.69, 9.17) is 14.2 Å². The van der Waals surface area contributed by atoms with Crippen molar-refractivity contribution in [2.75, 3.05) is 47.5 Å². The number of ether oxygens (including phenoxy) is 3. The third kappa shape index (κ3) is 31.2. The molecule has 2 unspecified atom stereocenters. The number of allylic oxidation sites excluding steroid dienone is 8. The van der Waals surface area contributed by atoms with Crippen LogP contribution in [-0.2, 0) is 23.8 Å². The first-order chi connectivity index (χ1) is 21.2. The number of aliphatic hydroxyl groups excluding tert-OH is 1. The number of nitrogens with zero attached hydrogens (tertiary/aromatic N) is 1. The third-order valence-corrected chi connectivity index (χ3v) is 6.83. The minimum atomic E-state index is -1.46. The molecule has 0 aromatic heterocycles. The van der Waals surface area contributed by atoms with Crippen LogP contribution in [0.15, 0.2) is 48.6 Å². The van der Waals surface area contributed by atoms with E-state index in [1.165, 1.54) is 51.4 Å². The molecule has 8 nitrogen and oxygen atoms in total. The summed E-state index contributed by atoms with van der Waals surface area (Å²) in [6.07, 6.45) is 32.7. The highest BCUT2D eigenvalue weighted by atomic mass is 16.7. The average molecular weight is 623 g/mol. The highest BCUT2D eigenvalue weighted by Gasteiger charge is 2.22. The van der Waals surface area contributed by atoms with Crippen LogP contribution in [-0.4, -0.2) is 86.5 Å². The normalized spacial score (nSPS) is 13.9. The van der Waals surface area contributed by atoms with Crippen LogP contribution in [0, 0.1) is 0 Å². The van der Waals surface area contributed by atoms with Crippen molar-refractivity contribution in [3.63, 3.8) is 0 Å². The molecule has 0 saturated carbocycles. The van der Waals surface area contributed by atoms with Gasteiger partial charge in [-0.25, -0.2) is 4.79 Å². The molecule has 0 radical (unpaired) electrons. The number of likely N-dealkylation sites (N-methyl/N-ethyl adjacent to an activating group) is 1. The molecule has 0 spiro atoms. The fraction of sp³-hybridized carbons (Fsp3) is 0.722. The van der Waals surface area contributed by atoms with Gasteiger partial charge in [-0.2, -0.15) is 0 Å². The molecule has 0 bridgehead atoms. The lowest BCUT2D eigenvalue weighted by molar-refractivity contribution is -0.870. The van der Waals surface area contributed by atoms with Gasteiger partial charge in [0.15, 0.2) is 0 Å². The second-order valence-corrected chi connectivity index (χ2v) is 12.3. The zero-order valence-corrected chi connectivity index (χ0v) is 28.3. The lowest BCUT2D eigenvalue weighted by Crippen LogP contribution is -2.40. The topological polar surface area (TPSA) is 102 Å². The van der Waals surface area contributed by atoms with Gasteiger partial charge in [0.25, 0.3) is 6.29 Å². The highest BCUT2D eigenvalue weighted by Crippen LogP contribution is 2.12. The molecule has 0 aromatic carbocycles. The van der Waals surface area contributed by atoms with Crippen LogP contribution < -0.4 is 0 Å². The first-order valence-electron chi connectivity index (χ1n) is 16.9. The van der Waals surface area contributed by atoms with Gasteiger partial charge in [-0.15, -0.1) is 0 Å². The lowest BCUT2D eigenvalue weighted by Gasteiger charge is -2.24. The molecule has 254 valence electrons. The maximum atomic E-state index is 11.9. The van der Waals surface area contributed by atoms with E-state index < -0.39 is 18.4 Å². The predicted octanol–water partition coefficient (Wildman–Crippen LogP) is 7.53.